The highest BCUT2D eigenvalue weighted by Crippen LogP contribution is 1.79. The summed E-state index contributed by atoms with van der Waals surface area (Å²) >= 11 is 0. The predicted molar refractivity (Wildman–Crippen MR) is 36.3 cm³/mol. The van der Waals surface area contributed by atoms with Crippen LogP contribution in [0.2, 0.25) is 0 Å². The molecule has 0 fully saturated rings. The summed E-state index contributed by atoms with van der Waals surface area (Å²) in [5.74, 6) is 0. The fourth-order valence-electron chi connectivity index (χ4n) is 0.379. The van der Waals surface area contributed by atoms with Crippen LogP contribution >= 0.6 is 0 Å². The Morgan fingerprint density at radius 2 is 2.50 bits per heavy atom. The van der Waals surface area contributed by atoms with E-state index < -0.39 is 0 Å². The molecule has 2 N–H and O–H groups in total. The number of rotatable bonds is 5. The summed E-state index contributed by atoms with van der Waals surface area (Å²) in [6.45, 7) is 2.96. The highest BCUT2D eigenvalue weighted by Gasteiger charge is 1.78. The van der Waals surface area contributed by atoms with Gasteiger partial charge < -0.3 is 0 Å². The van der Waals surface area contributed by atoms with E-state index >= 15 is 0 Å². The van der Waals surface area contributed by atoms with Gasteiger partial charge in [-0.25, -0.2) is 5.43 Å². The van der Waals surface area contributed by atoms with Crippen LogP contribution in [0.4, 0.5) is 0 Å². The number of hydrogen-bond acceptors (Lipinski definition) is 2. The number of carbonyl (C=O) groups is 1. The second kappa shape index (κ2) is 6.43. The van der Waals surface area contributed by atoms with Crippen LogP contribution in [0.5, 0.6) is 0 Å². The van der Waals surface area contributed by atoms with Crippen LogP contribution in [0.3, 0.4) is 0 Å². The molecule has 0 unspecified atom stereocenters. The largest absolute Gasteiger partial charge is 0.294 e. The summed E-state index contributed by atoms with van der Waals surface area (Å²) in [5.41, 5.74) is 5.07. The molecule has 0 aliphatic heterocycles. The Balaban J connectivity index is -0.000000245. The zero-order chi connectivity index (χ0) is 6.24. The minimum absolute atomic E-state index is 0. The normalized spacial score (nSPS) is 8.62. The van der Waals surface area contributed by atoms with Crippen LogP contribution in [0.25, 0.3) is 0 Å². The summed E-state index contributed by atoms with van der Waals surface area (Å²) in [7, 11) is 0. The van der Waals surface area contributed by atoms with Crippen molar-refractivity contribution in [2.45, 2.75) is 19.8 Å². The van der Waals surface area contributed by atoms with E-state index in [1.807, 2.05) is 0 Å². The van der Waals surface area contributed by atoms with Gasteiger partial charge in [0, 0.05) is 9.40 Å². The van der Waals surface area contributed by atoms with E-state index in [2.05, 4.69) is 17.8 Å². The van der Waals surface area contributed by atoms with Crippen LogP contribution < -0.4 is 10.9 Å². The van der Waals surface area contributed by atoms with Gasteiger partial charge in [0.05, 0.1) is 0 Å². The van der Waals surface area contributed by atoms with Gasteiger partial charge in [-0.2, -0.15) is 0 Å². The topological polar surface area (TPSA) is 41.1 Å². The van der Waals surface area contributed by atoms with Gasteiger partial charge in [0.1, 0.15) is 0 Å². The van der Waals surface area contributed by atoms with Gasteiger partial charge >= 0.3 is 0 Å². The molecular formula is C5H16N2O. The number of amides is 1. The van der Waals surface area contributed by atoms with Gasteiger partial charge in [-0.1, -0.05) is 13.3 Å². The highest BCUT2D eigenvalue weighted by atomic mass is 16.1. The second-order valence-corrected chi connectivity index (χ2v) is 1.54. The third-order valence-electron chi connectivity index (χ3n) is 0.816. The molecule has 0 bridgehead atoms. The van der Waals surface area contributed by atoms with Gasteiger partial charge in [0.25, 0.3) is 0 Å². The lowest BCUT2D eigenvalue weighted by molar-refractivity contribution is -0.110. The van der Waals surface area contributed by atoms with Crippen LogP contribution in [0.1, 0.15) is 22.6 Å². The first-order valence-corrected chi connectivity index (χ1v) is 2.84. The minimum Gasteiger partial charge on any atom is -0.294 e. The van der Waals surface area contributed by atoms with Crippen molar-refractivity contribution in [3.8, 4) is 0 Å². The summed E-state index contributed by atoms with van der Waals surface area (Å²) in [6.07, 6.45) is 2.88. The molecule has 1 amide bonds. The maximum Gasteiger partial charge on any atom is 0.221 e. The van der Waals surface area contributed by atoms with Crippen LogP contribution in [0.15, 0.2) is 0 Å². The Hall–Kier alpha value is -0.570. The maximum atomic E-state index is 9.59. The fraction of sp³-hybridized carbons (Fsp3) is 0.800. The highest BCUT2D eigenvalue weighted by molar-refractivity contribution is 5.44. The summed E-state index contributed by atoms with van der Waals surface area (Å²) < 4.78 is 0. The Morgan fingerprint density at radius 1 is 1.75 bits per heavy atom. The molecule has 0 radical (unpaired) electrons. The molecule has 0 saturated carbocycles. The smallest absolute Gasteiger partial charge is 0.221 e. The van der Waals surface area contributed by atoms with E-state index in [0.717, 1.165) is 19.4 Å². The first-order valence-electron chi connectivity index (χ1n) is 2.84. The van der Waals surface area contributed by atoms with Gasteiger partial charge in [0.2, 0.25) is 6.41 Å². The second-order valence-electron chi connectivity index (χ2n) is 1.54. The quantitative estimate of drug-likeness (QED) is 0.315. The SMILES string of the molecule is CCCCNNC=O.[HH].[HH]. The lowest BCUT2D eigenvalue weighted by Gasteiger charge is -1.97. The van der Waals surface area contributed by atoms with Gasteiger partial charge in [-0.3, -0.25) is 10.2 Å². The van der Waals surface area contributed by atoms with Gasteiger partial charge in [-0.15, -0.1) is 0 Å². The molecule has 0 aliphatic carbocycles. The Labute approximate surface area is 52.4 Å². The van der Waals surface area contributed by atoms with E-state index in [1.54, 1.807) is 0 Å². The number of hydrogen-bond donors (Lipinski definition) is 2. The number of carbonyl (C=O) groups excluding carboxylic acids is 1. The standard InChI is InChI=1S/C5H12N2O.2H2/c1-2-3-4-6-7-5-8;;/h5-6H,2-4H2,1H3,(H,7,8);2*1H. The monoisotopic (exact) mass is 120 g/mol. The summed E-state index contributed by atoms with van der Waals surface area (Å²) in [5, 5.41) is 0. The van der Waals surface area contributed by atoms with Crippen molar-refractivity contribution in [1.29, 1.82) is 0 Å². The molecule has 0 heterocycles. The first kappa shape index (κ1) is 7.43. The Bertz CT molecular complexity index is 63.6. The molecule has 52 valence electrons. The average Bonchev–Trinajstić information content (AvgIpc) is 1.81. The number of hydrazine groups is 1. The van der Waals surface area contributed by atoms with Crippen molar-refractivity contribution in [3.63, 3.8) is 0 Å². The van der Waals surface area contributed by atoms with Gasteiger partial charge in [-0.05, 0) is 6.42 Å². The molecule has 0 saturated heterocycles. The van der Waals surface area contributed by atoms with Crippen molar-refractivity contribution in [2.75, 3.05) is 6.54 Å². The fourth-order valence-corrected chi connectivity index (χ4v) is 0.379. The molecule has 0 rings (SSSR count). The molecular weight excluding hydrogens is 104 g/mol. The minimum atomic E-state index is 0. The van der Waals surface area contributed by atoms with E-state index in [4.69, 9.17) is 0 Å². The summed E-state index contributed by atoms with van der Waals surface area (Å²) in [4.78, 5) is 9.59. The predicted octanol–water partition coefficient (Wildman–Crippen LogP) is 0.529. The summed E-state index contributed by atoms with van der Waals surface area (Å²) in [6, 6.07) is 0. The van der Waals surface area contributed by atoms with Crippen LogP contribution in [0, 0.1) is 0 Å². The van der Waals surface area contributed by atoms with E-state index in [9.17, 15) is 4.79 Å². The third kappa shape index (κ3) is 5.43. The van der Waals surface area contributed by atoms with E-state index in [1.165, 1.54) is 0 Å². The Morgan fingerprint density at radius 3 is 3.00 bits per heavy atom. The molecule has 0 aliphatic rings. The van der Waals surface area contributed by atoms with E-state index in [0.29, 0.717) is 6.41 Å². The zero-order valence-corrected chi connectivity index (χ0v) is 5.11. The van der Waals surface area contributed by atoms with Crippen molar-refractivity contribution in [2.24, 2.45) is 0 Å². The molecule has 0 aromatic rings. The van der Waals surface area contributed by atoms with Crippen molar-refractivity contribution in [3.05, 3.63) is 0 Å². The average molecular weight is 120 g/mol. The van der Waals surface area contributed by atoms with Crippen molar-refractivity contribution < 1.29 is 7.65 Å². The maximum absolute atomic E-state index is 9.59. The lowest BCUT2D eigenvalue weighted by atomic mass is 10.3. The number of nitrogens with one attached hydrogen (secondary N) is 2. The van der Waals surface area contributed by atoms with Crippen molar-refractivity contribution >= 4 is 6.41 Å². The molecule has 3 heteroatoms. The first-order chi connectivity index (χ1) is 3.91. The van der Waals surface area contributed by atoms with Crippen molar-refractivity contribution in [1.82, 2.24) is 10.9 Å². The molecule has 8 heavy (non-hydrogen) atoms. The Kier molecular flexibility index (Phi) is 5.97. The number of unbranched alkanes of at least 4 members (excludes halogenated alkanes) is 1. The van der Waals surface area contributed by atoms with E-state index in [-0.39, 0.29) is 2.85 Å². The molecule has 0 atom stereocenters. The molecule has 0 spiro atoms. The lowest BCUT2D eigenvalue weighted by Crippen LogP contribution is -2.30. The van der Waals surface area contributed by atoms with Crippen LogP contribution in [-0.4, -0.2) is 13.0 Å². The molecule has 0 aromatic heterocycles. The van der Waals surface area contributed by atoms with Crippen LogP contribution in [-0.2, 0) is 4.79 Å². The molecule has 3 nitrogen and oxygen atoms in total. The third-order valence-corrected chi connectivity index (χ3v) is 0.816. The zero-order valence-electron chi connectivity index (χ0n) is 5.11. The molecule has 0 aromatic carbocycles. The van der Waals surface area contributed by atoms with Gasteiger partial charge in [0.15, 0.2) is 0 Å².